The molecule has 1 amide bonds. The standard InChI is InChI=1S/C23H25N3O4/c1-28-17-9-10-18(20(14-17)29-2)24-22(27)15-30-19-7-5-6-16-8-11-21(25-23(16)19)26-12-3-4-13-26/h5-11,14H,3-4,12-13,15H2,1-2H3,(H,24,27). The van der Waals surface area contributed by atoms with Gasteiger partial charge >= 0.3 is 0 Å². The van der Waals surface area contributed by atoms with Gasteiger partial charge in [-0.05, 0) is 43.2 Å². The third kappa shape index (κ3) is 4.25. The molecule has 2 heterocycles. The Morgan fingerprint density at radius 1 is 1.03 bits per heavy atom. The second-order valence-electron chi connectivity index (χ2n) is 7.09. The zero-order chi connectivity index (χ0) is 20.9. The van der Waals surface area contributed by atoms with E-state index in [1.165, 1.54) is 12.8 Å². The van der Waals surface area contributed by atoms with Gasteiger partial charge in [-0.1, -0.05) is 12.1 Å². The largest absolute Gasteiger partial charge is 0.497 e. The van der Waals surface area contributed by atoms with Crippen molar-refractivity contribution in [3.8, 4) is 17.2 Å². The lowest BCUT2D eigenvalue weighted by Gasteiger charge is -2.17. The molecule has 0 unspecified atom stereocenters. The molecular formula is C23H25N3O4. The number of benzene rings is 2. The molecule has 0 radical (unpaired) electrons. The Morgan fingerprint density at radius 3 is 2.63 bits per heavy atom. The number of nitrogens with one attached hydrogen (secondary N) is 1. The van der Waals surface area contributed by atoms with Gasteiger partial charge in [0.1, 0.15) is 28.6 Å². The monoisotopic (exact) mass is 407 g/mol. The van der Waals surface area contributed by atoms with Gasteiger partial charge in [0.05, 0.1) is 19.9 Å². The number of fused-ring (bicyclic) bond motifs is 1. The molecule has 7 heteroatoms. The normalized spacial score (nSPS) is 13.3. The molecule has 2 aromatic carbocycles. The van der Waals surface area contributed by atoms with E-state index >= 15 is 0 Å². The van der Waals surface area contributed by atoms with Crippen LogP contribution in [0.4, 0.5) is 11.5 Å². The third-order valence-electron chi connectivity index (χ3n) is 5.14. The molecule has 1 fully saturated rings. The number of pyridine rings is 1. The smallest absolute Gasteiger partial charge is 0.262 e. The number of rotatable bonds is 7. The van der Waals surface area contributed by atoms with Crippen LogP contribution in [0.15, 0.2) is 48.5 Å². The summed E-state index contributed by atoms with van der Waals surface area (Å²) in [5.74, 6) is 2.42. The van der Waals surface area contributed by atoms with Gasteiger partial charge in [0.25, 0.3) is 5.91 Å². The molecular weight excluding hydrogens is 382 g/mol. The van der Waals surface area contributed by atoms with Gasteiger partial charge in [0.2, 0.25) is 0 Å². The SMILES string of the molecule is COc1ccc(NC(=O)COc2cccc3ccc(N4CCCC4)nc23)c(OC)c1. The molecule has 156 valence electrons. The van der Waals surface area contributed by atoms with E-state index in [-0.39, 0.29) is 12.5 Å². The van der Waals surface area contributed by atoms with Crippen molar-refractivity contribution in [2.45, 2.75) is 12.8 Å². The second-order valence-corrected chi connectivity index (χ2v) is 7.09. The predicted molar refractivity (Wildman–Crippen MR) is 117 cm³/mol. The van der Waals surface area contributed by atoms with Gasteiger partial charge in [-0.25, -0.2) is 4.98 Å². The van der Waals surface area contributed by atoms with Crippen LogP contribution in [0.3, 0.4) is 0 Å². The number of ether oxygens (including phenoxy) is 3. The molecule has 0 aliphatic carbocycles. The number of carbonyl (C=O) groups is 1. The first kappa shape index (κ1) is 19.8. The first-order chi connectivity index (χ1) is 14.7. The molecule has 4 rings (SSSR count). The number of para-hydroxylation sites is 1. The minimum Gasteiger partial charge on any atom is -0.497 e. The quantitative estimate of drug-likeness (QED) is 0.641. The maximum atomic E-state index is 12.5. The highest BCUT2D eigenvalue weighted by Crippen LogP contribution is 2.30. The summed E-state index contributed by atoms with van der Waals surface area (Å²) in [6.07, 6.45) is 2.37. The molecule has 0 bridgehead atoms. The zero-order valence-corrected chi connectivity index (χ0v) is 17.2. The number of amides is 1. The van der Waals surface area contributed by atoms with Crippen molar-refractivity contribution in [2.75, 3.05) is 44.1 Å². The van der Waals surface area contributed by atoms with Crippen LogP contribution in [0, 0.1) is 0 Å². The van der Waals surface area contributed by atoms with Crippen LogP contribution in [-0.2, 0) is 4.79 Å². The number of aromatic nitrogens is 1. The molecule has 1 aliphatic rings. The maximum Gasteiger partial charge on any atom is 0.262 e. The summed E-state index contributed by atoms with van der Waals surface area (Å²) < 4.78 is 16.3. The lowest BCUT2D eigenvalue weighted by Crippen LogP contribution is -2.21. The van der Waals surface area contributed by atoms with E-state index in [4.69, 9.17) is 19.2 Å². The zero-order valence-electron chi connectivity index (χ0n) is 17.2. The minimum atomic E-state index is -0.286. The molecule has 1 saturated heterocycles. The highest BCUT2D eigenvalue weighted by molar-refractivity contribution is 5.94. The Balaban J connectivity index is 1.48. The summed E-state index contributed by atoms with van der Waals surface area (Å²) in [6, 6.07) is 15.0. The van der Waals surface area contributed by atoms with E-state index < -0.39 is 0 Å². The summed E-state index contributed by atoms with van der Waals surface area (Å²) in [6.45, 7) is 1.91. The van der Waals surface area contributed by atoms with E-state index in [1.807, 2.05) is 30.3 Å². The molecule has 7 nitrogen and oxygen atoms in total. The van der Waals surface area contributed by atoms with Crippen LogP contribution >= 0.6 is 0 Å². The van der Waals surface area contributed by atoms with E-state index in [0.29, 0.717) is 22.9 Å². The number of carbonyl (C=O) groups excluding carboxylic acids is 1. The number of methoxy groups -OCH3 is 2. The highest BCUT2D eigenvalue weighted by atomic mass is 16.5. The van der Waals surface area contributed by atoms with Crippen molar-refractivity contribution in [3.05, 3.63) is 48.5 Å². The van der Waals surface area contributed by atoms with Crippen LogP contribution in [0.25, 0.3) is 10.9 Å². The highest BCUT2D eigenvalue weighted by Gasteiger charge is 2.15. The van der Waals surface area contributed by atoms with Crippen molar-refractivity contribution in [2.24, 2.45) is 0 Å². The lowest BCUT2D eigenvalue weighted by molar-refractivity contribution is -0.118. The van der Waals surface area contributed by atoms with Crippen LogP contribution < -0.4 is 24.4 Å². The number of nitrogens with zero attached hydrogens (tertiary/aromatic N) is 2. The van der Waals surface area contributed by atoms with Gasteiger partial charge in [-0.15, -0.1) is 0 Å². The lowest BCUT2D eigenvalue weighted by atomic mass is 10.2. The van der Waals surface area contributed by atoms with E-state index in [0.717, 1.165) is 29.8 Å². The Kier molecular flexibility index (Phi) is 5.88. The molecule has 1 aliphatic heterocycles. The fourth-order valence-corrected chi connectivity index (χ4v) is 3.58. The van der Waals surface area contributed by atoms with Crippen LogP contribution in [0.1, 0.15) is 12.8 Å². The first-order valence-corrected chi connectivity index (χ1v) is 9.97. The Hall–Kier alpha value is -3.48. The average molecular weight is 407 g/mol. The van der Waals surface area contributed by atoms with Gasteiger partial charge in [-0.3, -0.25) is 4.79 Å². The second kappa shape index (κ2) is 8.90. The first-order valence-electron chi connectivity index (χ1n) is 9.97. The number of hydrogen-bond acceptors (Lipinski definition) is 6. The fourth-order valence-electron chi connectivity index (χ4n) is 3.58. The van der Waals surface area contributed by atoms with Crippen LogP contribution in [0.2, 0.25) is 0 Å². The third-order valence-corrected chi connectivity index (χ3v) is 5.14. The summed E-state index contributed by atoms with van der Waals surface area (Å²) in [5, 5.41) is 3.79. The van der Waals surface area contributed by atoms with Gasteiger partial charge in [0, 0.05) is 24.5 Å². The summed E-state index contributed by atoms with van der Waals surface area (Å²) in [5.41, 5.74) is 1.32. The van der Waals surface area contributed by atoms with Gasteiger partial charge < -0.3 is 24.4 Å². The summed E-state index contributed by atoms with van der Waals surface area (Å²) in [7, 11) is 3.12. The summed E-state index contributed by atoms with van der Waals surface area (Å²) >= 11 is 0. The van der Waals surface area contributed by atoms with Crippen LogP contribution in [0.5, 0.6) is 17.2 Å². The van der Waals surface area contributed by atoms with Crippen LogP contribution in [-0.4, -0.2) is 44.8 Å². The van der Waals surface area contributed by atoms with E-state index in [2.05, 4.69) is 10.2 Å². The maximum absolute atomic E-state index is 12.5. The fraction of sp³-hybridized carbons (Fsp3) is 0.304. The van der Waals surface area contributed by atoms with E-state index in [9.17, 15) is 4.79 Å². The Labute approximate surface area is 175 Å². The molecule has 0 atom stereocenters. The van der Waals surface area contributed by atoms with Crippen molar-refractivity contribution in [3.63, 3.8) is 0 Å². The molecule has 0 saturated carbocycles. The van der Waals surface area contributed by atoms with Gasteiger partial charge in [-0.2, -0.15) is 0 Å². The van der Waals surface area contributed by atoms with Crippen molar-refractivity contribution < 1.29 is 19.0 Å². The van der Waals surface area contributed by atoms with Gasteiger partial charge in [0.15, 0.2) is 6.61 Å². The van der Waals surface area contributed by atoms with E-state index in [1.54, 1.807) is 32.4 Å². The Morgan fingerprint density at radius 2 is 1.87 bits per heavy atom. The molecule has 0 spiro atoms. The average Bonchev–Trinajstić information content (AvgIpc) is 3.32. The number of hydrogen-bond donors (Lipinski definition) is 1. The summed E-state index contributed by atoms with van der Waals surface area (Å²) in [4.78, 5) is 19.5. The molecule has 1 aromatic heterocycles. The van der Waals surface area contributed by atoms with Crippen molar-refractivity contribution in [1.29, 1.82) is 0 Å². The van der Waals surface area contributed by atoms with Crippen molar-refractivity contribution >= 4 is 28.3 Å². The molecule has 1 N–H and O–H groups in total. The predicted octanol–water partition coefficient (Wildman–Crippen LogP) is 3.87. The number of anilines is 2. The topological polar surface area (TPSA) is 72.9 Å². The Bertz CT molecular complexity index is 1050. The molecule has 30 heavy (non-hydrogen) atoms. The minimum absolute atomic E-state index is 0.135. The molecule has 3 aromatic rings. The van der Waals surface area contributed by atoms with Crippen molar-refractivity contribution in [1.82, 2.24) is 4.98 Å².